The molecule has 0 saturated heterocycles. The molecule has 0 spiro atoms. The third-order valence-electron chi connectivity index (χ3n) is 3.76. The number of aryl methyl sites for hydroxylation is 1. The fourth-order valence-corrected chi connectivity index (χ4v) is 4.08. The highest BCUT2D eigenvalue weighted by Gasteiger charge is 2.11. The number of thiophene rings is 1. The van der Waals surface area contributed by atoms with Crippen LogP contribution in [0.15, 0.2) is 51.4 Å². The summed E-state index contributed by atoms with van der Waals surface area (Å²) in [5.41, 5.74) is 1.76. The Labute approximate surface area is 150 Å². The van der Waals surface area contributed by atoms with Crippen molar-refractivity contribution < 1.29 is 0 Å². The lowest BCUT2D eigenvalue weighted by atomic mass is 10.1. The number of aromatic nitrogens is 3. The van der Waals surface area contributed by atoms with Gasteiger partial charge in [-0.2, -0.15) is 14.6 Å². The molecule has 0 aliphatic heterocycles. The van der Waals surface area contributed by atoms with E-state index in [2.05, 4.69) is 10.1 Å². The van der Waals surface area contributed by atoms with Crippen LogP contribution in [0.2, 0.25) is 0 Å². The van der Waals surface area contributed by atoms with E-state index in [4.69, 9.17) is 0 Å². The Bertz CT molecular complexity index is 1210. The molecule has 0 aliphatic carbocycles. The molecule has 0 bridgehead atoms. The zero-order valence-electron chi connectivity index (χ0n) is 13.3. The second kappa shape index (κ2) is 6.34. The fourth-order valence-electron chi connectivity index (χ4n) is 2.45. The normalized spacial score (nSPS) is 12.1. The Morgan fingerprint density at radius 3 is 2.68 bits per heavy atom. The van der Waals surface area contributed by atoms with E-state index in [-0.39, 0.29) is 16.8 Å². The molecule has 0 saturated carbocycles. The van der Waals surface area contributed by atoms with Crippen molar-refractivity contribution in [2.24, 2.45) is 0 Å². The van der Waals surface area contributed by atoms with Crippen LogP contribution in [0.5, 0.6) is 0 Å². The Morgan fingerprint density at radius 2 is 1.96 bits per heavy atom. The van der Waals surface area contributed by atoms with E-state index in [1.807, 2.05) is 48.7 Å². The van der Waals surface area contributed by atoms with Gasteiger partial charge in [0.2, 0.25) is 4.96 Å². The van der Waals surface area contributed by atoms with Gasteiger partial charge in [0.1, 0.15) is 5.69 Å². The van der Waals surface area contributed by atoms with Crippen molar-refractivity contribution in [1.82, 2.24) is 14.6 Å². The summed E-state index contributed by atoms with van der Waals surface area (Å²) in [5.74, 6) is 0. The van der Waals surface area contributed by atoms with E-state index in [0.29, 0.717) is 15.9 Å². The second-order valence-electron chi connectivity index (χ2n) is 5.65. The Kier molecular flexibility index (Phi) is 4.03. The number of thiazole rings is 1. The number of rotatable bonds is 3. The quantitative estimate of drug-likeness (QED) is 0.556. The zero-order valence-corrected chi connectivity index (χ0v) is 14.9. The van der Waals surface area contributed by atoms with Crippen molar-refractivity contribution in [2.75, 3.05) is 0 Å². The molecule has 3 aromatic heterocycles. The number of hydrogen-bond acceptors (Lipinski definition) is 6. The van der Waals surface area contributed by atoms with Crippen LogP contribution in [-0.2, 0) is 6.42 Å². The number of fused-ring (bicyclic) bond motifs is 1. The minimum absolute atomic E-state index is 0.244. The number of nitrogens with zero attached hydrogens (tertiary/aromatic N) is 3. The Hall–Kier alpha value is -2.64. The average Bonchev–Trinajstić information content (AvgIpc) is 3.20. The molecule has 0 atom stereocenters. The molecule has 0 radical (unpaired) electrons. The van der Waals surface area contributed by atoms with Crippen LogP contribution in [-0.4, -0.2) is 14.6 Å². The van der Waals surface area contributed by atoms with Gasteiger partial charge in [0.05, 0.1) is 4.53 Å². The average molecular weight is 367 g/mol. The van der Waals surface area contributed by atoms with E-state index >= 15 is 0 Å². The summed E-state index contributed by atoms with van der Waals surface area (Å²) in [6.07, 6.45) is 2.16. The predicted octanol–water partition coefficient (Wildman–Crippen LogP) is 2.02. The highest BCUT2D eigenvalue weighted by atomic mass is 32.1. The van der Waals surface area contributed by atoms with Crippen LogP contribution in [0.1, 0.15) is 21.7 Å². The van der Waals surface area contributed by atoms with Crippen molar-refractivity contribution in [3.05, 3.63) is 88.7 Å². The minimum atomic E-state index is -0.385. The molecule has 5 nitrogen and oxygen atoms in total. The maximum absolute atomic E-state index is 12.6. The minimum Gasteiger partial charge on any atom is -0.266 e. The summed E-state index contributed by atoms with van der Waals surface area (Å²) in [7, 11) is 0. The Balaban J connectivity index is 1.81. The van der Waals surface area contributed by atoms with Crippen molar-refractivity contribution in [3.8, 4) is 0 Å². The largest absolute Gasteiger partial charge is 0.296 e. The van der Waals surface area contributed by atoms with Gasteiger partial charge in [-0.1, -0.05) is 47.2 Å². The standard InChI is InChI=1S/C18H13N3O2S2/c1-11-4-6-12(7-5-11)9-14-16(22)19-18-21(20-14)17(23)15(25-18)10-13-3-2-8-24-13/h2-8,10H,9H2,1H3. The van der Waals surface area contributed by atoms with Gasteiger partial charge in [-0.3, -0.25) is 9.59 Å². The molecule has 25 heavy (non-hydrogen) atoms. The zero-order chi connectivity index (χ0) is 17.4. The van der Waals surface area contributed by atoms with E-state index in [9.17, 15) is 9.59 Å². The van der Waals surface area contributed by atoms with E-state index in [1.165, 1.54) is 15.9 Å². The van der Waals surface area contributed by atoms with Gasteiger partial charge < -0.3 is 0 Å². The van der Waals surface area contributed by atoms with E-state index in [0.717, 1.165) is 16.0 Å². The van der Waals surface area contributed by atoms with Gasteiger partial charge in [0, 0.05) is 11.3 Å². The molecule has 7 heteroatoms. The summed E-state index contributed by atoms with van der Waals surface area (Å²) < 4.78 is 1.75. The third kappa shape index (κ3) is 3.16. The summed E-state index contributed by atoms with van der Waals surface area (Å²) in [6, 6.07) is 11.7. The van der Waals surface area contributed by atoms with Gasteiger partial charge in [-0.25, -0.2) is 0 Å². The molecule has 0 aliphatic rings. The maximum atomic E-state index is 12.6. The second-order valence-corrected chi connectivity index (χ2v) is 7.64. The molecule has 4 aromatic rings. The first-order valence-electron chi connectivity index (χ1n) is 7.64. The van der Waals surface area contributed by atoms with Gasteiger partial charge in [-0.15, -0.1) is 11.3 Å². The SMILES string of the molecule is Cc1ccc(Cc2nn3c(=O)c(=Cc4cccs4)sc3nc2=O)cc1. The third-order valence-corrected chi connectivity index (χ3v) is 5.54. The molecule has 1 aromatic carbocycles. The summed E-state index contributed by atoms with van der Waals surface area (Å²) in [4.78, 5) is 30.2. The monoisotopic (exact) mass is 367 g/mol. The topological polar surface area (TPSA) is 64.3 Å². The van der Waals surface area contributed by atoms with Gasteiger partial charge in [-0.05, 0) is 30.0 Å². The first-order chi connectivity index (χ1) is 12.1. The van der Waals surface area contributed by atoms with E-state index < -0.39 is 0 Å². The van der Waals surface area contributed by atoms with Crippen LogP contribution in [0, 0.1) is 6.92 Å². The Morgan fingerprint density at radius 1 is 1.16 bits per heavy atom. The smallest absolute Gasteiger partial charge is 0.266 e. The number of hydrogen-bond donors (Lipinski definition) is 0. The molecule has 0 fully saturated rings. The van der Waals surface area contributed by atoms with Crippen molar-refractivity contribution >= 4 is 33.7 Å². The van der Waals surface area contributed by atoms with Crippen LogP contribution >= 0.6 is 22.7 Å². The van der Waals surface area contributed by atoms with Gasteiger partial charge in [0.15, 0.2) is 0 Å². The lowest BCUT2D eigenvalue weighted by Crippen LogP contribution is -2.27. The molecule has 3 heterocycles. The van der Waals surface area contributed by atoms with Crippen LogP contribution in [0.25, 0.3) is 11.0 Å². The molecular formula is C18H13N3O2S2. The first-order valence-corrected chi connectivity index (χ1v) is 9.33. The van der Waals surface area contributed by atoms with Crippen molar-refractivity contribution in [3.63, 3.8) is 0 Å². The molecule has 0 N–H and O–H groups in total. The maximum Gasteiger partial charge on any atom is 0.296 e. The van der Waals surface area contributed by atoms with Crippen molar-refractivity contribution in [2.45, 2.75) is 13.3 Å². The molecule has 124 valence electrons. The summed E-state index contributed by atoms with van der Waals surface area (Å²) in [6.45, 7) is 2.01. The predicted molar refractivity (Wildman–Crippen MR) is 100 cm³/mol. The van der Waals surface area contributed by atoms with Crippen LogP contribution in [0.3, 0.4) is 0 Å². The van der Waals surface area contributed by atoms with Crippen molar-refractivity contribution in [1.29, 1.82) is 0 Å². The van der Waals surface area contributed by atoms with Crippen LogP contribution in [0.4, 0.5) is 0 Å². The van der Waals surface area contributed by atoms with Crippen LogP contribution < -0.4 is 15.7 Å². The van der Waals surface area contributed by atoms with E-state index in [1.54, 1.807) is 17.4 Å². The lowest BCUT2D eigenvalue weighted by molar-refractivity contribution is 0.811. The first kappa shape index (κ1) is 15.9. The number of benzene rings is 1. The summed E-state index contributed by atoms with van der Waals surface area (Å²) >= 11 is 2.73. The highest BCUT2D eigenvalue weighted by Crippen LogP contribution is 2.10. The molecule has 0 amide bonds. The van der Waals surface area contributed by atoms with Gasteiger partial charge in [0.25, 0.3) is 11.1 Å². The lowest BCUT2D eigenvalue weighted by Gasteiger charge is -2.01. The summed E-state index contributed by atoms with van der Waals surface area (Å²) in [5, 5.41) is 6.21. The molecular weight excluding hydrogens is 354 g/mol. The fraction of sp³-hybridized carbons (Fsp3) is 0.111. The van der Waals surface area contributed by atoms with Gasteiger partial charge >= 0.3 is 0 Å². The highest BCUT2D eigenvalue weighted by molar-refractivity contribution is 7.15. The molecule has 4 rings (SSSR count). The molecule has 0 unspecified atom stereocenters.